The Balaban J connectivity index is 1.58. The number of anilines is 1. The lowest BCUT2D eigenvalue weighted by Crippen LogP contribution is -2.30. The molecule has 2 aliphatic heterocycles. The maximum atomic E-state index is 12.6. The highest BCUT2D eigenvalue weighted by molar-refractivity contribution is 6.21. The molecule has 1 aromatic carbocycles. The van der Waals surface area contributed by atoms with Crippen LogP contribution in [0.4, 0.5) is 5.69 Å². The van der Waals surface area contributed by atoms with Crippen LogP contribution in [0.2, 0.25) is 0 Å². The summed E-state index contributed by atoms with van der Waals surface area (Å²) in [6, 6.07) is 5.06. The summed E-state index contributed by atoms with van der Waals surface area (Å²) >= 11 is 0. The number of nitrogens with zero attached hydrogens (tertiary/aromatic N) is 3. The first-order valence-corrected chi connectivity index (χ1v) is 7.23. The van der Waals surface area contributed by atoms with Crippen LogP contribution < -0.4 is 14.4 Å². The fraction of sp³-hybridized carbons (Fsp3) is 0.250. The predicted molar refractivity (Wildman–Crippen MR) is 78.9 cm³/mol. The minimum absolute atomic E-state index is 0.150. The molecule has 1 unspecified atom stereocenters. The van der Waals surface area contributed by atoms with Crippen LogP contribution in [-0.4, -0.2) is 28.6 Å². The van der Waals surface area contributed by atoms with Crippen LogP contribution in [0.1, 0.15) is 12.0 Å². The van der Waals surface area contributed by atoms with Crippen molar-refractivity contribution < 1.29 is 19.1 Å². The zero-order valence-electron chi connectivity index (χ0n) is 12.1. The predicted octanol–water partition coefficient (Wildman–Crippen LogP) is 1.33. The van der Waals surface area contributed by atoms with E-state index in [4.69, 9.17) is 9.47 Å². The second-order valence-corrected chi connectivity index (χ2v) is 5.46. The van der Waals surface area contributed by atoms with E-state index < -0.39 is 0 Å². The first kappa shape index (κ1) is 13.7. The monoisotopic (exact) mass is 311 g/mol. The largest absolute Gasteiger partial charge is 0.454 e. The molecular weight excluding hydrogens is 298 g/mol. The molecule has 1 aromatic heterocycles. The van der Waals surface area contributed by atoms with Crippen molar-refractivity contribution in [1.29, 1.82) is 0 Å². The summed E-state index contributed by atoms with van der Waals surface area (Å²) in [4.78, 5) is 34.0. The second-order valence-electron chi connectivity index (χ2n) is 5.46. The minimum Gasteiger partial charge on any atom is -0.454 e. The van der Waals surface area contributed by atoms with Gasteiger partial charge in [0.05, 0.1) is 11.6 Å². The number of fused-ring (bicyclic) bond motifs is 1. The Kier molecular flexibility index (Phi) is 3.18. The van der Waals surface area contributed by atoms with E-state index in [2.05, 4.69) is 9.97 Å². The molecule has 0 N–H and O–H groups in total. The van der Waals surface area contributed by atoms with Gasteiger partial charge in [-0.2, -0.15) is 0 Å². The van der Waals surface area contributed by atoms with Crippen molar-refractivity contribution in [3.05, 3.63) is 42.5 Å². The normalized spacial score (nSPS) is 19.5. The van der Waals surface area contributed by atoms with Gasteiger partial charge in [-0.05, 0) is 24.1 Å². The van der Waals surface area contributed by atoms with Gasteiger partial charge in [0.15, 0.2) is 11.5 Å². The number of imide groups is 1. The van der Waals surface area contributed by atoms with Gasteiger partial charge in [0.25, 0.3) is 0 Å². The van der Waals surface area contributed by atoms with E-state index in [1.807, 2.05) is 0 Å². The number of aromatic nitrogens is 2. The van der Waals surface area contributed by atoms with Gasteiger partial charge in [0.2, 0.25) is 18.6 Å². The molecule has 1 atom stereocenters. The Hall–Kier alpha value is -2.96. The van der Waals surface area contributed by atoms with E-state index >= 15 is 0 Å². The SMILES string of the molecule is O=C1CC(Cc2cncnc2)C(=O)N1c1ccc2c(c1)OCO2. The van der Waals surface area contributed by atoms with Crippen LogP contribution in [0.5, 0.6) is 11.5 Å². The summed E-state index contributed by atoms with van der Waals surface area (Å²) in [5.74, 6) is 0.348. The van der Waals surface area contributed by atoms with Gasteiger partial charge in [0.1, 0.15) is 6.33 Å². The molecule has 0 radical (unpaired) electrons. The van der Waals surface area contributed by atoms with E-state index in [9.17, 15) is 9.59 Å². The molecule has 1 saturated heterocycles. The van der Waals surface area contributed by atoms with Crippen molar-refractivity contribution in [2.45, 2.75) is 12.8 Å². The van der Waals surface area contributed by atoms with Crippen molar-refractivity contribution >= 4 is 17.5 Å². The number of rotatable bonds is 3. The summed E-state index contributed by atoms with van der Waals surface area (Å²) in [7, 11) is 0. The minimum atomic E-state index is -0.390. The number of hydrogen-bond acceptors (Lipinski definition) is 6. The van der Waals surface area contributed by atoms with Crippen LogP contribution in [0.15, 0.2) is 36.9 Å². The molecule has 4 rings (SSSR count). The zero-order valence-corrected chi connectivity index (χ0v) is 12.1. The Morgan fingerprint density at radius 3 is 2.74 bits per heavy atom. The highest BCUT2D eigenvalue weighted by atomic mass is 16.7. The molecule has 0 spiro atoms. The highest BCUT2D eigenvalue weighted by Gasteiger charge is 2.39. The average Bonchev–Trinajstić information content (AvgIpc) is 3.13. The highest BCUT2D eigenvalue weighted by Crippen LogP contribution is 2.37. The molecule has 7 heteroatoms. The Labute approximate surface area is 131 Å². The maximum absolute atomic E-state index is 12.6. The molecule has 3 heterocycles. The van der Waals surface area contributed by atoms with E-state index in [0.29, 0.717) is 23.6 Å². The van der Waals surface area contributed by atoms with Crippen LogP contribution in [0.3, 0.4) is 0 Å². The lowest BCUT2D eigenvalue weighted by atomic mass is 10.00. The number of amides is 2. The van der Waals surface area contributed by atoms with Gasteiger partial charge < -0.3 is 9.47 Å². The standard InChI is InChI=1S/C16H13N3O4/c20-15-4-11(3-10-6-17-8-18-7-10)16(21)19(15)12-1-2-13-14(5-12)23-9-22-13/h1-2,5-8,11H,3-4,9H2. The molecule has 0 saturated carbocycles. The molecule has 0 aliphatic carbocycles. The van der Waals surface area contributed by atoms with Gasteiger partial charge in [0, 0.05) is 24.9 Å². The molecule has 23 heavy (non-hydrogen) atoms. The van der Waals surface area contributed by atoms with Crippen molar-refractivity contribution in [3.8, 4) is 11.5 Å². The third-order valence-electron chi connectivity index (χ3n) is 3.95. The van der Waals surface area contributed by atoms with Gasteiger partial charge in [-0.25, -0.2) is 9.97 Å². The Morgan fingerprint density at radius 1 is 1.13 bits per heavy atom. The third kappa shape index (κ3) is 2.40. The molecular formula is C16H13N3O4. The number of ether oxygens (including phenoxy) is 2. The topological polar surface area (TPSA) is 81.6 Å². The summed E-state index contributed by atoms with van der Waals surface area (Å²) in [5.41, 5.74) is 1.35. The molecule has 2 aliphatic rings. The van der Waals surface area contributed by atoms with Crippen LogP contribution >= 0.6 is 0 Å². The van der Waals surface area contributed by atoms with Gasteiger partial charge in [-0.3, -0.25) is 14.5 Å². The van der Waals surface area contributed by atoms with Gasteiger partial charge in [-0.1, -0.05) is 0 Å². The molecule has 2 aromatic rings. The van der Waals surface area contributed by atoms with Crippen molar-refractivity contribution in [1.82, 2.24) is 9.97 Å². The van der Waals surface area contributed by atoms with Gasteiger partial charge in [-0.15, -0.1) is 0 Å². The van der Waals surface area contributed by atoms with Gasteiger partial charge >= 0.3 is 0 Å². The smallest absolute Gasteiger partial charge is 0.237 e. The maximum Gasteiger partial charge on any atom is 0.237 e. The zero-order chi connectivity index (χ0) is 15.8. The third-order valence-corrected chi connectivity index (χ3v) is 3.95. The van der Waals surface area contributed by atoms with Crippen LogP contribution in [0.25, 0.3) is 0 Å². The Morgan fingerprint density at radius 2 is 1.91 bits per heavy atom. The van der Waals surface area contributed by atoms with E-state index in [-0.39, 0.29) is 30.9 Å². The molecule has 116 valence electrons. The number of benzene rings is 1. The second kappa shape index (κ2) is 5.35. The molecule has 7 nitrogen and oxygen atoms in total. The quantitative estimate of drug-likeness (QED) is 0.795. The van der Waals surface area contributed by atoms with Crippen molar-refractivity contribution in [2.24, 2.45) is 5.92 Å². The summed E-state index contributed by atoms with van der Waals surface area (Å²) in [6.07, 6.45) is 5.39. The summed E-state index contributed by atoms with van der Waals surface area (Å²) in [5, 5.41) is 0. The van der Waals surface area contributed by atoms with E-state index in [0.717, 1.165) is 5.56 Å². The first-order chi connectivity index (χ1) is 11.2. The van der Waals surface area contributed by atoms with Crippen LogP contribution in [0, 0.1) is 5.92 Å². The number of carbonyl (C=O) groups excluding carboxylic acids is 2. The molecule has 1 fully saturated rings. The molecule has 2 amide bonds. The fourth-order valence-electron chi connectivity index (χ4n) is 2.87. The summed E-state index contributed by atoms with van der Waals surface area (Å²) < 4.78 is 10.5. The van der Waals surface area contributed by atoms with Crippen molar-refractivity contribution in [3.63, 3.8) is 0 Å². The number of hydrogen-bond donors (Lipinski definition) is 0. The average molecular weight is 311 g/mol. The van der Waals surface area contributed by atoms with Crippen LogP contribution in [-0.2, 0) is 16.0 Å². The fourth-order valence-corrected chi connectivity index (χ4v) is 2.87. The lowest BCUT2D eigenvalue weighted by molar-refractivity contribution is -0.122. The first-order valence-electron chi connectivity index (χ1n) is 7.23. The van der Waals surface area contributed by atoms with Crippen molar-refractivity contribution in [2.75, 3.05) is 11.7 Å². The summed E-state index contributed by atoms with van der Waals surface area (Å²) in [6.45, 7) is 0.150. The molecule has 0 bridgehead atoms. The lowest BCUT2D eigenvalue weighted by Gasteiger charge is -2.15. The Bertz CT molecular complexity index is 778. The van der Waals surface area contributed by atoms with E-state index in [1.165, 1.54) is 11.2 Å². The van der Waals surface area contributed by atoms with E-state index in [1.54, 1.807) is 30.6 Å². The number of carbonyl (C=O) groups is 2.